The number of nitrogens with zero attached hydrogens (tertiary/aromatic N) is 4. The number of methoxy groups -OCH3 is 2. The fourth-order valence-corrected chi connectivity index (χ4v) is 5.71. The molecule has 0 bridgehead atoms. The molecule has 2 unspecified atom stereocenters. The standard InChI is InChI=1S/C26H25ClFN5O4S/c1-36-20(34)7-9-33-13-15-11-14(3-6-19(15)32-33)22-21(26(35)37-2)23(17-5-4-16(28)12-18(17)27)31-24(30-22)25-29-8-10-38-25/h4-5,8,10,12-14,23H,3,6-7,9,11H2,1-2H3,(H,30,31). The van der Waals surface area contributed by atoms with Gasteiger partial charge in [0.25, 0.3) is 0 Å². The van der Waals surface area contributed by atoms with Crippen LogP contribution in [0.25, 0.3) is 0 Å². The number of allylic oxidation sites excluding steroid dienone is 1. The lowest BCUT2D eigenvalue weighted by Crippen LogP contribution is -2.38. The van der Waals surface area contributed by atoms with Crippen molar-refractivity contribution in [3.63, 3.8) is 0 Å². The quantitative estimate of drug-likeness (QED) is 0.437. The van der Waals surface area contributed by atoms with Crippen LogP contribution in [-0.4, -0.2) is 46.8 Å². The van der Waals surface area contributed by atoms with Gasteiger partial charge < -0.3 is 14.8 Å². The lowest BCUT2D eigenvalue weighted by atomic mass is 9.81. The number of carbonyl (C=O) groups excluding carboxylic acids is 2. The van der Waals surface area contributed by atoms with Crippen LogP contribution in [0.4, 0.5) is 4.39 Å². The molecule has 2 aromatic heterocycles. The zero-order valence-electron chi connectivity index (χ0n) is 20.7. The molecular weight excluding hydrogens is 533 g/mol. The van der Waals surface area contributed by atoms with Gasteiger partial charge in [-0.15, -0.1) is 11.3 Å². The van der Waals surface area contributed by atoms with Crippen molar-refractivity contribution in [3.05, 3.63) is 79.9 Å². The number of carbonyl (C=O) groups is 2. The van der Waals surface area contributed by atoms with Gasteiger partial charge in [-0.2, -0.15) is 5.10 Å². The van der Waals surface area contributed by atoms with Crippen molar-refractivity contribution < 1.29 is 23.5 Å². The Morgan fingerprint density at radius 2 is 2.13 bits per heavy atom. The normalized spacial score (nSPS) is 18.9. The molecule has 0 amide bonds. The third kappa shape index (κ3) is 5.21. The molecule has 9 nitrogen and oxygen atoms in total. The number of thiazole rings is 1. The summed E-state index contributed by atoms with van der Waals surface area (Å²) >= 11 is 7.86. The number of esters is 2. The monoisotopic (exact) mass is 557 g/mol. The average molecular weight is 558 g/mol. The van der Waals surface area contributed by atoms with Gasteiger partial charge in [-0.3, -0.25) is 14.5 Å². The van der Waals surface area contributed by atoms with E-state index in [1.54, 1.807) is 16.9 Å². The molecule has 1 aliphatic carbocycles. The first-order valence-electron chi connectivity index (χ1n) is 12.0. The van der Waals surface area contributed by atoms with E-state index in [9.17, 15) is 14.0 Å². The Kier molecular flexibility index (Phi) is 7.57. The number of fused-ring (bicyclic) bond motifs is 1. The minimum absolute atomic E-state index is 0.0814. The molecule has 5 rings (SSSR count). The smallest absolute Gasteiger partial charge is 0.338 e. The maximum Gasteiger partial charge on any atom is 0.338 e. The first-order chi connectivity index (χ1) is 18.4. The number of amidine groups is 1. The lowest BCUT2D eigenvalue weighted by Gasteiger charge is -2.32. The van der Waals surface area contributed by atoms with Crippen molar-refractivity contribution >= 4 is 40.7 Å². The van der Waals surface area contributed by atoms with E-state index in [2.05, 4.69) is 15.4 Å². The molecule has 1 aromatic carbocycles. The highest BCUT2D eigenvalue weighted by Gasteiger charge is 2.38. The summed E-state index contributed by atoms with van der Waals surface area (Å²) in [6.45, 7) is 0.421. The molecule has 0 spiro atoms. The Labute approximate surface area is 227 Å². The van der Waals surface area contributed by atoms with Crippen LogP contribution in [-0.2, 0) is 38.4 Å². The molecular formula is C26H25ClFN5O4S. The second-order valence-electron chi connectivity index (χ2n) is 8.96. The summed E-state index contributed by atoms with van der Waals surface area (Å²) in [5.41, 5.74) is 3.50. The number of aryl methyl sites for hydroxylation is 2. The predicted octanol–water partition coefficient (Wildman–Crippen LogP) is 4.02. The average Bonchev–Trinajstić information content (AvgIpc) is 3.60. The number of nitrogens with one attached hydrogen (secondary N) is 1. The second-order valence-corrected chi connectivity index (χ2v) is 10.3. The Bertz CT molecular complexity index is 1440. The predicted molar refractivity (Wildman–Crippen MR) is 139 cm³/mol. The van der Waals surface area contributed by atoms with Crippen LogP contribution in [0.5, 0.6) is 0 Å². The minimum Gasteiger partial charge on any atom is -0.469 e. The molecule has 198 valence electrons. The summed E-state index contributed by atoms with van der Waals surface area (Å²) in [4.78, 5) is 34.0. The van der Waals surface area contributed by atoms with Crippen LogP contribution < -0.4 is 5.32 Å². The van der Waals surface area contributed by atoms with E-state index in [1.165, 1.54) is 37.7 Å². The van der Waals surface area contributed by atoms with Gasteiger partial charge in [0.05, 0.1) is 38.5 Å². The number of rotatable bonds is 7. The van der Waals surface area contributed by atoms with Gasteiger partial charge in [-0.05, 0) is 37.0 Å². The van der Waals surface area contributed by atoms with Gasteiger partial charge in [0.15, 0.2) is 10.8 Å². The first-order valence-corrected chi connectivity index (χ1v) is 13.3. The van der Waals surface area contributed by atoms with Gasteiger partial charge in [-0.25, -0.2) is 14.2 Å². The van der Waals surface area contributed by atoms with Crippen LogP contribution >= 0.6 is 22.9 Å². The van der Waals surface area contributed by atoms with Crippen LogP contribution in [0.15, 0.2) is 52.2 Å². The molecule has 12 heteroatoms. The van der Waals surface area contributed by atoms with E-state index in [0.29, 0.717) is 47.1 Å². The fourth-order valence-electron chi connectivity index (χ4n) is 4.85. The maximum atomic E-state index is 13.9. The Hall–Kier alpha value is -3.57. The summed E-state index contributed by atoms with van der Waals surface area (Å²) in [6.07, 6.45) is 5.88. The van der Waals surface area contributed by atoms with Gasteiger partial charge in [-0.1, -0.05) is 17.7 Å². The van der Waals surface area contributed by atoms with E-state index in [1.807, 2.05) is 11.6 Å². The SMILES string of the molecule is COC(=O)CCn1cc2c(n1)CCC(C1=C(C(=O)OC)C(c3ccc(F)cc3Cl)N=C(c3nccs3)N1)C2. The Balaban J connectivity index is 1.54. The van der Waals surface area contributed by atoms with E-state index >= 15 is 0 Å². The number of aliphatic imine (C=N–C) groups is 1. The molecule has 2 atom stereocenters. The summed E-state index contributed by atoms with van der Waals surface area (Å²) in [5.74, 6) is -0.895. The van der Waals surface area contributed by atoms with Gasteiger partial charge in [0.1, 0.15) is 11.9 Å². The zero-order valence-corrected chi connectivity index (χ0v) is 22.3. The molecule has 0 saturated heterocycles. The van der Waals surface area contributed by atoms with Crippen molar-refractivity contribution in [2.24, 2.45) is 10.9 Å². The Morgan fingerprint density at radius 1 is 1.29 bits per heavy atom. The number of halogens is 2. The molecule has 38 heavy (non-hydrogen) atoms. The van der Waals surface area contributed by atoms with E-state index in [4.69, 9.17) is 26.1 Å². The first kappa shape index (κ1) is 26.1. The van der Waals surface area contributed by atoms with Crippen LogP contribution in [0.2, 0.25) is 5.02 Å². The molecule has 2 aliphatic rings. The summed E-state index contributed by atoms with van der Waals surface area (Å²) in [7, 11) is 2.68. The molecule has 0 radical (unpaired) electrons. The Morgan fingerprint density at radius 3 is 2.84 bits per heavy atom. The third-order valence-electron chi connectivity index (χ3n) is 6.67. The number of aromatic nitrogens is 3. The van der Waals surface area contributed by atoms with Gasteiger partial charge in [0.2, 0.25) is 0 Å². The number of hydrogen-bond acceptors (Lipinski definition) is 9. The van der Waals surface area contributed by atoms with Gasteiger partial charge in [0, 0.05) is 40.0 Å². The van der Waals surface area contributed by atoms with Crippen molar-refractivity contribution in [2.45, 2.75) is 38.3 Å². The highest BCUT2D eigenvalue weighted by Crippen LogP contribution is 2.40. The topological polar surface area (TPSA) is 108 Å². The molecule has 1 N–H and O–H groups in total. The van der Waals surface area contributed by atoms with E-state index < -0.39 is 17.8 Å². The fraction of sp³-hybridized carbons (Fsp3) is 0.346. The lowest BCUT2D eigenvalue weighted by molar-refractivity contribution is -0.141. The summed E-state index contributed by atoms with van der Waals surface area (Å²) in [5, 5.41) is 10.7. The summed E-state index contributed by atoms with van der Waals surface area (Å²) < 4.78 is 25.6. The molecule has 3 heterocycles. The van der Waals surface area contributed by atoms with E-state index in [0.717, 1.165) is 17.7 Å². The largest absolute Gasteiger partial charge is 0.469 e. The van der Waals surface area contributed by atoms with E-state index in [-0.39, 0.29) is 23.3 Å². The zero-order chi connectivity index (χ0) is 26.8. The third-order valence-corrected chi connectivity index (χ3v) is 7.78. The van der Waals surface area contributed by atoms with Crippen molar-refractivity contribution in [1.29, 1.82) is 0 Å². The van der Waals surface area contributed by atoms with Crippen molar-refractivity contribution in [2.75, 3.05) is 14.2 Å². The molecule has 0 fully saturated rings. The molecule has 0 saturated carbocycles. The molecule has 3 aromatic rings. The molecule has 1 aliphatic heterocycles. The number of ether oxygens (including phenoxy) is 2. The highest BCUT2D eigenvalue weighted by atomic mass is 35.5. The van der Waals surface area contributed by atoms with Crippen LogP contribution in [0, 0.1) is 11.7 Å². The minimum atomic E-state index is -0.810. The van der Waals surface area contributed by atoms with Crippen LogP contribution in [0.3, 0.4) is 0 Å². The number of benzene rings is 1. The number of hydrogen-bond donors (Lipinski definition) is 1. The van der Waals surface area contributed by atoms with Crippen molar-refractivity contribution in [3.8, 4) is 0 Å². The summed E-state index contributed by atoms with van der Waals surface area (Å²) in [6, 6.07) is 3.24. The van der Waals surface area contributed by atoms with Crippen LogP contribution in [0.1, 0.15) is 40.7 Å². The second kappa shape index (κ2) is 11.0. The van der Waals surface area contributed by atoms with Crippen molar-refractivity contribution in [1.82, 2.24) is 20.1 Å². The van der Waals surface area contributed by atoms with Gasteiger partial charge >= 0.3 is 11.9 Å². The highest BCUT2D eigenvalue weighted by molar-refractivity contribution is 7.11. The maximum absolute atomic E-state index is 13.9.